The van der Waals surface area contributed by atoms with Gasteiger partial charge in [-0.1, -0.05) is 133 Å². The first-order valence-electron chi connectivity index (χ1n) is 15.4. The van der Waals surface area contributed by atoms with Crippen LogP contribution in [-0.2, 0) is 0 Å². The molecule has 3 heteroatoms. The third kappa shape index (κ3) is 4.28. The van der Waals surface area contributed by atoms with Crippen molar-refractivity contribution in [2.24, 2.45) is 0 Å². The van der Waals surface area contributed by atoms with Gasteiger partial charge in [0.05, 0.1) is 0 Å². The van der Waals surface area contributed by atoms with Crippen LogP contribution in [0.15, 0.2) is 168 Å². The lowest BCUT2D eigenvalue weighted by molar-refractivity contribution is 0.487. The first-order valence-corrected chi connectivity index (χ1v) is 15.4. The van der Waals surface area contributed by atoms with E-state index in [1.54, 1.807) is 0 Å². The lowest BCUT2D eigenvalue weighted by Gasteiger charge is -2.26. The Hall–Kier alpha value is -5.80. The molecule has 1 aliphatic rings. The quantitative estimate of drug-likeness (QED) is 0.196. The molecule has 2 nitrogen and oxygen atoms in total. The van der Waals surface area contributed by atoms with E-state index in [2.05, 4.69) is 152 Å². The second kappa shape index (κ2) is 10.4. The number of hydrogen-bond acceptors (Lipinski definition) is 2. The summed E-state index contributed by atoms with van der Waals surface area (Å²) < 4.78 is 13.5. The fraction of sp³-hybridized carbons (Fsp3) is 0. The van der Waals surface area contributed by atoms with Crippen LogP contribution in [-0.4, -0.2) is 6.71 Å². The molecule has 0 amide bonds. The van der Waals surface area contributed by atoms with Crippen LogP contribution >= 0.6 is 0 Å². The number of para-hydroxylation sites is 2. The standard InChI is InChI=1S/C42H27BO2/c1-4-14-28(15-5-1)31-24-33(30-18-8-3-9-19-30)41-34(25-31)35-26-32(29-16-6-2-7-17-29)27-38(42(35)45-41)43-36-20-10-12-22-39(36)44-40-23-13-11-21-37(40)43/h1-27H. The van der Waals surface area contributed by atoms with Crippen LogP contribution in [0.5, 0.6) is 11.5 Å². The van der Waals surface area contributed by atoms with E-state index in [4.69, 9.17) is 9.15 Å². The molecule has 0 aliphatic carbocycles. The summed E-state index contributed by atoms with van der Waals surface area (Å²) in [5.74, 6) is 1.76. The summed E-state index contributed by atoms with van der Waals surface area (Å²) in [5, 5.41) is 2.22. The first-order chi connectivity index (χ1) is 22.3. The molecule has 0 atom stereocenters. The predicted octanol–water partition coefficient (Wildman–Crippen LogP) is 9.21. The van der Waals surface area contributed by atoms with Crippen LogP contribution in [0.1, 0.15) is 0 Å². The van der Waals surface area contributed by atoms with Crippen LogP contribution in [0.4, 0.5) is 0 Å². The topological polar surface area (TPSA) is 22.4 Å². The number of benzene rings is 7. The fourth-order valence-electron chi connectivity index (χ4n) is 6.89. The zero-order valence-electron chi connectivity index (χ0n) is 24.5. The van der Waals surface area contributed by atoms with Crippen molar-refractivity contribution in [2.75, 3.05) is 0 Å². The van der Waals surface area contributed by atoms with Crippen LogP contribution < -0.4 is 21.1 Å². The highest BCUT2D eigenvalue weighted by Crippen LogP contribution is 2.41. The van der Waals surface area contributed by atoms with E-state index in [1.165, 1.54) is 11.1 Å². The Morgan fingerprint density at radius 1 is 0.356 bits per heavy atom. The molecule has 0 radical (unpaired) electrons. The Balaban J connectivity index is 1.42. The molecule has 45 heavy (non-hydrogen) atoms. The largest absolute Gasteiger partial charge is 0.458 e. The SMILES string of the molecule is c1ccc(-c2cc(B3c4ccccc4Oc4ccccc43)c3oc4c(-c5ccccc5)cc(-c5ccccc5)cc4c3c2)cc1. The molecule has 2 heterocycles. The van der Waals surface area contributed by atoms with Crippen molar-refractivity contribution in [2.45, 2.75) is 0 Å². The van der Waals surface area contributed by atoms with Gasteiger partial charge in [0.2, 0.25) is 0 Å². The molecule has 0 spiro atoms. The van der Waals surface area contributed by atoms with Gasteiger partial charge in [-0.3, -0.25) is 0 Å². The van der Waals surface area contributed by atoms with E-state index >= 15 is 0 Å². The molecule has 9 rings (SSSR count). The minimum atomic E-state index is -0.0633. The average Bonchev–Trinajstić information content (AvgIpc) is 3.50. The Morgan fingerprint density at radius 3 is 1.40 bits per heavy atom. The number of hydrogen-bond donors (Lipinski definition) is 0. The lowest BCUT2D eigenvalue weighted by Crippen LogP contribution is -2.55. The highest BCUT2D eigenvalue weighted by molar-refractivity contribution is 6.98. The van der Waals surface area contributed by atoms with Gasteiger partial charge >= 0.3 is 0 Å². The molecule has 0 unspecified atom stereocenters. The summed E-state index contributed by atoms with van der Waals surface area (Å²) in [6.07, 6.45) is 0. The molecule has 0 saturated heterocycles. The molecular formula is C42H27BO2. The minimum Gasteiger partial charge on any atom is -0.458 e. The van der Waals surface area contributed by atoms with Gasteiger partial charge in [-0.15, -0.1) is 0 Å². The summed E-state index contributed by atoms with van der Waals surface area (Å²) in [6, 6.07) is 57.8. The molecule has 8 aromatic rings. The molecule has 0 saturated carbocycles. The van der Waals surface area contributed by atoms with Gasteiger partial charge in [-0.2, -0.15) is 0 Å². The van der Waals surface area contributed by atoms with Gasteiger partial charge in [0.1, 0.15) is 22.7 Å². The van der Waals surface area contributed by atoms with Gasteiger partial charge in [0.25, 0.3) is 6.71 Å². The number of fused-ring (bicyclic) bond motifs is 5. The Kier molecular flexibility index (Phi) is 5.95. The smallest absolute Gasteiger partial charge is 0.255 e. The van der Waals surface area contributed by atoms with E-state index in [0.717, 1.165) is 72.1 Å². The molecule has 0 bridgehead atoms. The Morgan fingerprint density at radius 2 is 0.822 bits per heavy atom. The third-order valence-corrected chi connectivity index (χ3v) is 8.99. The normalized spacial score (nSPS) is 12.1. The fourth-order valence-corrected chi connectivity index (χ4v) is 6.89. The van der Waals surface area contributed by atoms with Crippen LogP contribution in [0.25, 0.3) is 55.3 Å². The zero-order valence-corrected chi connectivity index (χ0v) is 24.5. The van der Waals surface area contributed by atoms with Gasteiger partial charge in [0, 0.05) is 16.3 Å². The van der Waals surface area contributed by atoms with Gasteiger partial charge < -0.3 is 9.15 Å². The van der Waals surface area contributed by atoms with E-state index in [9.17, 15) is 0 Å². The molecule has 1 aliphatic heterocycles. The summed E-state index contributed by atoms with van der Waals surface area (Å²) >= 11 is 0. The third-order valence-electron chi connectivity index (χ3n) is 8.99. The van der Waals surface area contributed by atoms with Crippen molar-refractivity contribution in [3.63, 3.8) is 0 Å². The van der Waals surface area contributed by atoms with Crippen molar-refractivity contribution in [1.29, 1.82) is 0 Å². The Bertz CT molecular complexity index is 2300. The van der Waals surface area contributed by atoms with Crippen molar-refractivity contribution >= 4 is 45.0 Å². The summed E-state index contributed by atoms with van der Waals surface area (Å²) in [4.78, 5) is 0. The van der Waals surface area contributed by atoms with Crippen molar-refractivity contribution < 1.29 is 9.15 Å². The minimum absolute atomic E-state index is 0.0633. The molecule has 7 aromatic carbocycles. The molecular weight excluding hydrogens is 547 g/mol. The lowest BCUT2D eigenvalue weighted by atomic mass is 9.35. The van der Waals surface area contributed by atoms with E-state index in [-0.39, 0.29) is 6.71 Å². The van der Waals surface area contributed by atoms with Crippen molar-refractivity contribution in [3.8, 4) is 44.9 Å². The monoisotopic (exact) mass is 574 g/mol. The molecule has 210 valence electrons. The number of furan rings is 1. The molecule has 0 fully saturated rings. The van der Waals surface area contributed by atoms with E-state index in [0.29, 0.717) is 0 Å². The maximum Gasteiger partial charge on any atom is 0.255 e. The summed E-state index contributed by atoms with van der Waals surface area (Å²) in [5.41, 5.74) is 12.1. The van der Waals surface area contributed by atoms with Crippen LogP contribution in [0.2, 0.25) is 0 Å². The maximum absolute atomic E-state index is 7.09. The van der Waals surface area contributed by atoms with E-state index in [1.807, 2.05) is 12.1 Å². The highest BCUT2D eigenvalue weighted by atomic mass is 16.5. The van der Waals surface area contributed by atoms with E-state index < -0.39 is 0 Å². The van der Waals surface area contributed by atoms with Crippen LogP contribution in [0.3, 0.4) is 0 Å². The number of ether oxygens (including phenoxy) is 1. The average molecular weight is 574 g/mol. The summed E-state index contributed by atoms with van der Waals surface area (Å²) in [6.45, 7) is -0.0633. The number of rotatable bonds is 4. The van der Waals surface area contributed by atoms with Gasteiger partial charge in [-0.05, 0) is 74.5 Å². The molecule has 0 N–H and O–H groups in total. The highest BCUT2D eigenvalue weighted by Gasteiger charge is 2.35. The van der Waals surface area contributed by atoms with Crippen molar-refractivity contribution in [1.82, 2.24) is 0 Å². The van der Waals surface area contributed by atoms with Crippen LogP contribution in [0, 0.1) is 0 Å². The first kappa shape index (κ1) is 25.7. The van der Waals surface area contributed by atoms with Gasteiger partial charge in [0.15, 0.2) is 0 Å². The zero-order chi connectivity index (χ0) is 29.7. The predicted molar refractivity (Wildman–Crippen MR) is 188 cm³/mol. The summed E-state index contributed by atoms with van der Waals surface area (Å²) in [7, 11) is 0. The van der Waals surface area contributed by atoms with Crippen molar-refractivity contribution in [3.05, 3.63) is 164 Å². The molecule has 1 aromatic heterocycles. The maximum atomic E-state index is 7.09. The second-order valence-corrected chi connectivity index (χ2v) is 11.7. The van der Waals surface area contributed by atoms with Gasteiger partial charge in [-0.25, -0.2) is 0 Å². The second-order valence-electron chi connectivity index (χ2n) is 11.7. The Labute approximate surface area is 262 Å².